The zero-order valence-corrected chi connectivity index (χ0v) is 11.9. The minimum absolute atomic E-state index is 0.237. The molecule has 0 spiro atoms. The first-order valence-corrected chi connectivity index (χ1v) is 6.97. The summed E-state index contributed by atoms with van der Waals surface area (Å²) in [6.45, 7) is 2.71. The highest BCUT2D eigenvalue weighted by Gasteiger charge is 2.05. The summed E-state index contributed by atoms with van der Waals surface area (Å²) in [5, 5.41) is 15.1. The zero-order valence-electron chi connectivity index (χ0n) is 10.4. The average molecular weight is 309 g/mol. The number of hydrogen-bond donors (Lipinski definition) is 2. The van der Waals surface area contributed by atoms with Gasteiger partial charge in [-0.25, -0.2) is 4.98 Å². The van der Waals surface area contributed by atoms with Gasteiger partial charge in [-0.2, -0.15) is 0 Å². The van der Waals surface area contributed by atoms with Crippen LogP contribution in [0.4, 0.5) is 5.82 Å². The number of aromatic nitrogens is 1. The first-order valence-electron chi connectivity index (χ1n) is 6.17. The number of rotatable bonds is 5. The molecule has 2 N–H and O–H groups in total. The van der Waals surface area contributed by atoms with Crippen LogP contribution in [0.25, 0.3) is 10.8 Å². The van der Waals surface area contributed by atoms with E-state index in [0.29, 0.717) is 0 Å². The van der Waals surface area contributed by atoms with E-state index in [1.807, 2.05) is 31.2 Å². The molecule has 0 saturated heterocycles. The smallest absolute Gasteiger partial charge is 0.133 e. The molecule has 0 saturated carbocycles. The predicted octanol–water partition coefficient (Wildman–Crippen LogP) is 3.57. The van der Waals surface area contributed by atoms with Gasteiger partial charge >= 0.3 is 0 Å². The highest BCUT2D eigenvalue weighted by molar-refractivity contribution is 9.10. The maximum absolute atomic E-state index is 9.53. The standard InChI is InChI=1S/C14H17BrN2O/c1-2-10(18)6-8-16-14-12-4-3-5-13(15)11(12)7-9-17-14/h3-5,7,9-10,18H,2,6,8H2,1H3,(H,16,17). The normalized spacial score (nSPS) is 12.6. The molecular weight excluding hydrogens is 292 g/mol. The summed E-state index contributed by atoms with van der Waals surface area (Å²) in [4.78, 5) is 4.36. The van der Waals surface area contributed by atoms with Crippen LogP contribution in [0.15, 0.2) is 34.9 Å². The van der Waals surface area contributed by atoms with Crippen LogP contribution in [-0.4, -0.2) is 22.7 Å². The van der Waals surface area contributed by atoms with Crippen molar-refractivity contribution >= 4 is 32.5 Å². The first kappa shape index (κ1) is 13.3. The Bertz CT molecular complexity index is 530. The molecule has 1 aromatic heterocycles. The van der Waals surface area contributed by atoms with Crippen LogP contribution < -0.4 is 5.32 Å². The van der Waals surface area contributed by atoms with E-state index in [-0.39, 0.29) is 6.10 Å². The maximum atomic E-state index is 9.53. The van der Waals surface area contributed by atoms with Gasteiger partial charge in [0.25, 0.3) is 0 Å². The lowest BCUT2D eigenvalue weighted by atomic mass is 10.1. The lowest BCUT2D eigenvalue weighted by Gasteiger charge is -2.11. The van der Waals surface area contributed by atoms with E-state index in [2.05, 4.69) is 26.2 Å². The number of nitrogens with zero attached hydrogens (tertiary/aromatic N) is 1. The summed E-state index contributed by atoms with van der Waals surface area (Å²) in [7, 11) is 0. The molecule has 1 unspecified atom stereocenters. The van der Waals surface area contributed by atoms with Crippen LogP contribution in [0, 0.1) is 0 Å². The second kappa shape index (κ2) is 6.16. The van der Waals surface area contributed by atoms with Crippen LogP contribution in [0.3, 0.4) is 0 Å². The van der Waals surface area contributed by atoms with Crippen molar-refractivity contribution in [3.63, 3.8) is 0 Å². The molecule has 1 atom stereocenters. The van der Waals surface area contributed by atoms with Crippen LogP contribution in [0.5, 0.6) is 0 Å². The number of nitrogens with one attached hydrogen (secondary N) is 1. The number of fused-ring (bicyclic) bond motifs is 1. The Labute approximate surface area is 115 Å². The zero-order chi connectivity index (χ0) is 13.0. The summed E-state index contributed by atoms with van der Waals surface area (Å²) >= 11 is 3.54. The van der Waals surface area contributed by atoms with Gasteiger partial charge in [0.2, 0.25) is 0 Å². The molecule has 0 bridgehead atoms. The van der Waals surface area contributed by atoms with Gasteiger partial charge in [-0.1, -0.05) is 35.0 Å². The van der Waals surface area contributed by atoms with E-state index in [1.165, 1.54) is 0 Å². The summed E-state index contributed by atoms with van der Waals surface area (Å²) in [6, 6.07) is 8.06. The summed E-state index contributed by atoms with van der Waals surface area (Å²) in [5.74, 6) is 0.872. The van der Waals surface area contributed by atoms with E-state index in [0.717, 1.165) is 40.4 Å². The molecule has 3 nitrogen and oxygen atoms in total. The second-order valence-corrected chi connectivity index (χ2v) is 5.13. The second-order valence-electron chi connectivity index (χ2n) is 4.27. The maximum Gasteiger partial charge on any atom is 0.133 e. The van der Waals surface area contributed by atoms with Gasteiger partial charge in [0, 0.05) is 28.0 Å². The third-order valence-electron chi connectivity index (χ3n) is 2.99. The third kappa shape index (κ3) is 3.00. The van der Waals surface area contributed by atoms with Crippen molar-refractivity contribution in [3.8, 4) is 0 Å². The van der Waals surface area contributed by atoms with Crippen molar-refractivity contribution in [3.05, 3.63) is 34.9 Å². The van der Waals surface area contributed by atoms with Gasteiger partial charge in [-0.05, 0) is 25.0 Å². The van der Waals surface area contributed by atoms with Crippen LogP contribution in [0.2, 0.25) is 0 Å². The summed E-state index contributed by atoms with van der Waals surface area (Å²) < 4.78 is 1.07. The first-order chi connectivity index (χ1) is 8.72. The molecule has 0 aliphatic rings. The molecule has 0 aliphatic carbocycles. The molecule has 2 aromatic rings. The van der Waals surface area contributed by atoms with E-state index in [1.54, 1.807) is 6.20 Å². The fourth-order valence-electron chi connectivity index (χ4n) is 1.87. The Morgan fingerprint density at radius 1 is 1.33 bits per heavy atom. The van der Waals surface area contributed by atoms with E-state index >= 15 is 0 Å². The summed E-state index contributed by atoms with van der Waals surface area (Å²) in [5.41, 5.74) is 0. The van der Waals surface area contributed by atoms with Crippen LogP contribution in [-0.2, 0) is 0 Å². The topological polar surface area (TPSA) is 45.1 Å². The molecule has 0 fully saturated rings. The Balaban J connectivity index is 2.16. The van der Waals surface area contributed by atoms with Crippen molar-refractivity contribution in [2.75, 3.05) is 11.9 Å². The lowest BCUT2D eigenvalue weighted by molar-refractivity contribution is 0.164. The van der Waals surface area contributed by atoms with Crippen LogP contribution in [0.1, 0.15) is 19.8 Å². The van der Waals surface area contributed by atoms with E-state index in [4.69, 9.17) is 0 Å². The number of hydrogen-bond acceptors (Lipinski definition) is 3. The Morgan fingerprint density at radius 3 is 2.94 bits per heavy atom. The molecule has 0 amide bonds. The number of aliphatic hydroxyl groups is 1. The van der Waals surface area contributed by atoms with Gasteiger partial charge in [0.1, 0.15) is 5.82 Å². The monoisotopic (exact) mass is 308 g/mol. The van der Waals surface area contributed by atoms with E-state index < -0.39 is 0 Å². The highest BCUT2D eigenvalue weighted by Crippen LogP contribution is 2.27. The van der Waals surface area contributed by atoms with Gasteiger partial charge in [0.15, 0.2) is 0 Å². The van der Waals surface area contributed by atoms with Crippen molar-refractivity contribution in [2.45, 2.75) is 25.9 Å². The van der Waals surface area contributed by atoms with Crippen molar-refractivity contribution in [1.29, 1.82) is 0 Å². The van der Waals surface area contributed by atoms with Gasteiger partial charge in [-0.15, -0.1) is 0 Å². The molecule has 0 aliphatic heterocycles. The molecular formula is C14H17BrN2O. The molecule has 1 aromatic carbocycles. The lowest BCUT2D eigenvalue weighted by Crippen LogP contribution is -2.12. The minimum atomic E-state index is -0.237. The Kier molecular flexibility index (Phi) is 4.55. The van der Waals surface area contributed by atoms with Gasteiger partial charge in [0.05, 0.1) is 6.10 Å². The molecule has 0 radical (unpaired) electrons. The Morgan fingerprint density at radius 2 is 2.17 bits per heavy atom. The van der Waals surface area contributed by atoms with Crippen molar-refractivity contribution < 1.29 is 5.11 Å². The average Bonchev–Trinajstić information content (AvgIpc) is 2.39. The molecule has 1 heterocycles. The highest BCUT2D eigenvalue weighted by atomic mass is 79.9. The largest absolute Gasteiger partial charge is 0.393 e. The third-order valence-corrected chi connectivity index (χ3v) is 3.69. The quantitative estimate of drug-likeness (QED) is 0.887. The fourth-order valence-corrected chi connectivity index (χ4v) is 2.37. The fraction of sp³-hybridized carbons (Fsp3) is 0.357. The number of pyridine rings is 1. The van der Waals surface area contributed by atoms with Gasteiger partial charge < -0.3 is 10.4 Å². The molecule has 4 heteroatoms. The number of aliphatic hydroxyl groups excluding tert-OH is 1. The van der Waals surface area contributed by atoms with Crippen molar-refractivity contribution in [2.24, 2.45) is 0 Å². The molecule has 96 valence electrons. The molecule has 2 rings (SSSR count). The number of anilines is 1. The molecule has 18 heavy (non-hydrogen) atoms. The van der Waals surface area contributed by atoms with E-state index in [9.17, 15) is 5.11 Å². The predicted molar refractivity (Wildman–Crippen MR) is 78.8 cm³/mol. The summed E-state index contributed by atoms with van der Waals surface area (Å²) in [6.07, 6.45) is 3.09. The number of benzene rings is 1. The Hall–Kier alpha value is -1.13. The van der Waals surface area contributed by atoms with Crippen LogP contribution >= 0.6 is 15.9 Å². The van der Waals surface area contributed by atoms with Crippen molar-refractivity contribution in [1.82, 2.24) is 4.98 Å². The number of halogens is 1. The SMILES string of the molecule is CCC(O)CCNc1nccc2c(Br)cccc12. The van der Waals surface area contributed by atoms with Gasteiger partial charge in [-0.3, -0.25) is 0 Å². The minimum Gasteiger partial charge on any atom is -0.393 e.